The van der Waals surface area contributed by atoms with Gasteiger partial charge < -0.3 is 5.11 Å². The van der Waals surface area contributed by atoms with Crippen LogP contribution in [-0.2, 0) is 0 Å². The van der Waals surface area contributed by atoms with Gasteiger partial charge in [-0.05, 0) is 17.8 Å². The number of hydrogen-bond donors (Lipinski definition) is 2. The van der Waals surface area contributed by atoms with Gasteiger partial charge in [-0.25, -0.2) is 14.2 Å². The fourth-order valence-corrected chi connectivity index (χ4v) is 2.09. The standard InChI is InChI=1S/C9H5FN4O4S/c10-5-2-7(19-9-11-3-12-13-9)6(14(17)18)1-4(5)8(15)16/h1-3H,(H,15,16)(H,11,12,13). The number of nitro benzene ring substituents is 1. The molecule has 10 heteroatoms. The molecule has 0 aliphatic rings. The van der Waals surface area contributed by atoms with Crippen LogP contribution < -0.4 is 0 Å². The Morgan fingerprint density at radius 1 is 1.53 bits per heavy atom. The van der Waals surface area contributed by atoms with Gasteiger partial charge in [0.15, 0.2) is 5.16 Å². The van der Waals surface area contributed by atoms with E-state index in [1.54, 1.807) is 0 Å². The van der Waals surface area contributed by atoms with Crippen LogP contribution in [0.2, 0.25) is 0 Å². The summed E-state index contributed by atoms with van der Waals surface area (Å²) in [5.74, 6) is -2.63. The Kier molecular flexibility index (Phi) is 3.42. The molecule has 0 spiro atoms. The Balaban J connectivity index is 2.50. The third kappa shape index (κ3) is 2.68. The number of carboxylic acid groups (broad SMARTS) is 1. The molecule has 0 fully saturated rings. The summed E-state index contributed by atoms with van der Waals surface area (Å²) in [5.41, 5.74) is -1.27. The van der Waals surface area contributed by atoms with Crippen molar-refractivity contribution >= 4 is 23.4 Å². The summed E-state index contributed by atoms with van der Waals surface area (Å²) in [7, 11) is 0. The third-order valence-corrected chi connectivity index (χ3v) is 3.01. The molecule has 19 heavy (non-hydrogen) atoms. The van der Waals surface area contributed by atoms with Crippen LogP contribution in [0.3, 0.4) is 0 Å². The third-order valence-electron chi connectivity index (χ3n) is 2.08. The molecule has 0 radical (unpaired) electrons. The number of aromatic nitrogens is 3. The maximum Gasteiger partial charge on any atom is 0.338 e. The topological polar surface area (TPSA) is 122 Å². The van der Waals surface area contributed by atoms with Gasteiger partial charge in [-0.1, -0.05) is 0 Å². The van der Waals surface area contributed by atoms with Crippen molar-refractivity contribution in [3.05, 3.63) is 40.0 Å². The number of nitrogens with zero attached hydrogens (tertiary/aromatic N) is 3. The molecule has 1 heterocycles. The SMILES string of the molecule is O=C(O)c1cc([N+](=O)[O-])c(Sc2ncn[nH]2)cc1F. The number of nitrogens with one attached hydrogen (secondary N) is 1. The minimum absolute atomic E-state index is 0.0655. The number of aromatic carboxylic acids is 1. The van der Waals surface area contributed by atoms with E-state index in [0.717, 1.165) is 17.8 Å². The predicted molar refractivity (Wildman–Crippen MR) is 60.5 cm³/mol. The normalized spacial score (nSPS) is 10.4. The zero-order valence-corrected chi connectivity index (χ0v) is 9.85. The van der Waals surface area contributed by atoms with Crippen LogP contribution in [-0.4, -0.2) is 31.2 Å². The second-order valence-corrected chi connectivity index (χ2v) is 4.29. The van der Waals surface area contributed by atoms with Crippen LogP contribution in [0.25, 0.3) is 0 Å². The molecule has 0 unspecified atom stereocenters. The summed E-state index contributed by atoms with van der Waals surface area (Å²) in [6.45, 7) is 0. The van der Waals surface area contributed by atoms with Crippen molar-refractivity contribution in [2.75, 3.05) is 0 Å². The lowest BCUT2D eigenvalue weighted by atomic mass is 10.2. The highest BCUT2D eigenvalue weighted by atomic mass is 32.2. The molecule has 8 nitrogen and oxygen atoms in total. The maximum absolute atomic E-state index is 13.5. The van der Waals surface area contributed by atoms with Crippen LogP contribution in [0.1, 0.15) is 10.4 Å². The molecule has 2 rings (SSSR count). The average molecular weight is 284 g/mol. The second kappa shape index (κ2) is 5.02. The van der Waals surface area contributed by atoms with E-state index in [4.69, 9.17) is 5.11 Å². The van der Waals surface area contributed by atoms with Gasteiger partial charge in [0.25, 0.3) is 5.69 Å². The van der Waals surface area contributed by atoms with Crippen LogP contribution in [0.5, 0.6) is 0 Å². The lowest BCUT2D eigenvalue weighted by Crippen LogP contribution is -2.03. The summed E-state index contributed by atoms with van der Waals surface area (Å²) in [4.78, 5) is 24.5. The fraction of sp³-hybridized carbons (Fsp3) is 0. The van der Waals surface area contributed by atoms with Gasteiger partial charge >= 0.3 is 5.97 Å². The molecular formula is C9H5FN4O4S. The molecule has 0 aliphatic heterocycles. The Hall–Kier alpha value is -2.49. The molecule has 98 valence electrons. The molecular weight excluding hydrogens is 279 g/mol. The number of carbonyl (C=O) groups is 1. The van der Waals surface area contributed by atoms with Gasteiger partial charge in [0.1, 0.15) is 17.7 Å². The van der Waals surface area contributed by atoms with Gasteiger partial charge in [-0.3, -0.25) is 15.2 Å². The number of nitro groups is 1. The van der Waals surface area contributed by atoms with E-state index in [2.05, 4.69) is 15.2 Å². The summed E-state index contributed by atoms with van der Waals surface area (Å²) < 4.78 is 13.5. The Bertz CT molecular complexity index is 646. The summed E-state index contributed by atoms with van der Waals surface area (Å²) in [6, 6.07) is 1.46. The fourth-order valence-electron chi connectivity index (χ4n) is 1.28. The molecule has 0 saturated heterocycles. The van der Waals surface area contributed by atoms with Crippen molar-refractivity contribution in [2.24, 2.45) is 0 Å². The van der Waals surface area contributed by atoms with Crippen LogP contribution in [0.15, 0.2) is 28.5 Å². The number of aromatic amines is 1. The molecule has 0 bridgehead atoms. The highest BCUT2D eigenvalue weighted by Gasteiger charge is 2.23. The summed E-state index contributed by atoms with van der Waals surface area (Å²) >= 11 is 0.780. The molecule has 0 saturated carbocycles. The summed E-state index contributed by atoms with van der Waals surface area (Å²) in [6.07, 6.45) is 1.19. The summed E-state index contributed by atoms with van der Waals surface area (Å²) in [5, 5.41) is 25.8. The Morgan fingerprint density at radius 2 is 2.26 bits per heavy atom. The van der Waals surface area contributed by atoms with E-state index in [-0.39, 0.29) is 10.1 Å². The van der Waals surface area contributed by atoms with Crippen molar-refractivity contribution in [3.63, 3.8) is 0 Å². The molecule has 1 aromatic carbocycles. The molecule has 0 aliphatic carbocycles. The zero-order valence-electron chi connectivity index (χ0n) is 9.03. The van der Waals surface area contributed by atoms with E-state index < -0.39 is 28.0 Å². The van der Waals surface area contributed by atoms with E-state index in [1.165, 1.54) is 6.33 Å². The lowest BCUT2D eigenvalue weighted by molar-refractivity contribution is -0.387. The van der Waals surface area contributed by atoms with E-state index in [1.807, 2.05) is 0 Å². The Morgan fingerprint density at radius 3 is 2.79 bits per heavy atom. The molecule has 0 atom stereocenters. The average Bonchev–Trinajstić information content (AvgIpc) is 2.81. The smallest absolute Gasteiger partial charge is 0.338 e. The van der Waals surface area contributed by atoms with E-state index in [9.17, 15) is 19.3 Å². The minimum Gasteiger partial charge on any atom is -0.478 e. The first-order valence-corrected chi connectivity index (χ1v) is 5.55. The monoisotopic (exact) mass is 284 g/mol. The van der Waals surface area contributed by atoms with Crippen molar-refractivity contribution in [1.29, 1.82) is 0 Å². The van der Waals surface area contributed by atoms with Gasteiger partial charge in [-0.15, -0.1) is 0 Å². The molecule has 2 aromatic rings. The van der Waals surface area contributed by atoms with Gasteiger partial charge in [-0.2, -0.15) is 5.10 Å². The van der Waals surface area contributed by atoms with Crippen LogP contribution in [0.4, 0.5) is 10.1 Å². The zero-order chi connectivity index (χ0) is 14.0. The quantitative estimate of drug-likeness (QED) is 0.647. The number of H-pyrrole nitrogens is 1. The van der Waals surface area contributed by atoms with Gasteiger partial charge in [0.05, 0.1) is 9.82 Å². The number of benzene rings is 1. The first-order chi connectivity index (χ1) is 8.99. The first-order valence-electron chi connectivity index (χ1n) is 4.73. The number of halogens is 1. The minimum atomic E-state index is -1.57. The van der Waals surface area contributed by atoms with Crippen molar-refractivity contribution in [3.8, 4) is 0 Å². The molecule has 2 N–H and O–H groups in total. The second-order valence-electron chi connectivity index (χ2n) is 3.25. The van der Waals surface area contributed by atoms with Crippen molar-refractivity contribution in [2.45, 2.75) is 10.1 Å². The van der Waals surface area contributed by atoms with Crippen LogP contribution in [0, 0.1) is 15.9 Å². The number of rotatable bonds is 4. The molecule has 1 aromatic heterocycles. The number of carboxylic acids is 1. The largest absolute Gasteiger partial charge is 0.478 e. The van der Waals surface area contributed by atoms with Crippen molar-refractivity contribution in [1.82, 2.24) is 15.2 Å². The van der Waals surface area contributed by atoms with Gasteiger partial charge in [0.2, 0.25) is 0 Å². The van der Waals surface area contributed by atoms with Gasteiger partial charge in [0, 0.05) is 6.07 Å². The van der Waals surface area contributed by atoms with Crippen LogP contribution >= 0.6 is 11.8 Å². The first kappa shape index (κ1) is 13.0. The predicted octanol–water partition coefficient (Wildman–Crippen LogP) is 1.70. The molecule has 0 amide bonds. The number of hydrogen-bond acceptors (Lipinski definition) is 6. The lowest BCUT2D eigenvalue weighted by Gasteiger charge is -2.03. The van der Waals surface area contributed by atoms with Crippen molar-refractivity contribution < 1.29 is 19.2 Å². The maximum atomic E-state index is 13.5. The highest BCUT2D eigenvalue weighted by Crippen LogP contribution is 2.34. The van der Waals surface area contributed by atoms with E-state index in [0.29, 0.717) is 6.07 Å². The van der Waals surface area contributed by atoms with E-state index >= 15 is 0 Å². The highest BCUT2D eigenvalue weighted by molar-refractivity contribution is 7.99. The Labute approximate surface area is 108 Å².